The van der Waals surface area contributed by atoms with Crippen molar-refractivity contribution in [3.05, 3.63) is 23.8 Å². The monoisotopic (exact) mass is 258 g/mol. The Balaban J connectivity index is 1.64. The molecule has 5 nitrogen and oxygen atoms in total. The molecule has 0 bridgehead atoms. The average Bonchev–Trinajstić information content (AvgIpc) is 2.83. The summed E-state index contributed by atoms with van der Waals surface area (Å²) in [5.41, 5.74) is 0.140. The third kappa shape index (κ3) is 1.99. The molecule has 0 aromatic heterocycles. The van der Waals surface area contributed by atoms with Gasteiger partial charge in [-0.3, -0.25) is 4.79 Å². The van der Waals surface area contributed by atoms with E-state index in [2.05, 4.69) is 11.4 Å². The van der Waals surface area contributed by atoms with Crippen LogP contribution in [0.25, 0.3) is 0 Å². The highest BCUT2D eigenvalue weighted by Gasteiger charge is 2.44. The van der Waals surface area contributed by atoms with Crippen LogP contribution in [0.4, 0.5) is 0 Å². The van der Waals surface area contributed by atoms with Crippen LogP contribution in [0.15, 0.2) is 18.2 Å². The van der Waals surface area contributed by atoms with E-state index in [0.29, 0.717) is 25.1 Å². The molecular weight excluding hydrogens is 244 g/mol. The number of nitriles is 1. The van der Waals surface area contributed by atoms with Crippen LogP contribution in [0.2, 0.25) is 0 Å². The summed E-state index contributed by atoms with van der Waals surface area (Å²) in [5, 5.41) is 11.9. The van der Waals surface area contributed by atoms with Crippen LogP contribution in [0, 0.1) is 16.7 Å². The average molecular weight is 258 g/mol. The van der Waals surface area contributed by atoms with Gasteiger partial charge in [0.2, 0.25) is 12.7 Å². The molecule has 1 saturated carbocycles. The van der Waals surface area contributed by atoms with Gasteiger partial charge in [-0.2, -0.15) is 5.26 Å². The Kier molecular flexibility index (Phi) is 2.79. The first kappa shape index (κ1) is 11.8. The van der Waals surface area contributed by atoms with E-state index in [-0.39, 0.29) is 12.7 Å². The van der Waals surface area contributed by atoms with Crippen molar-refractivity contribution in [3.63, 3.8) is 0 Å². The minimum Gasteiger partial charge on any atom is -0.454 e. The van der Waals surface area contributed by atoms with E-state index in [1.165, 1.54) is 0 Å². The Hall–Kier alpha value is -2.22. The minimum atomic E-state index is -0.795. The van der Waals surface area contributed by atoms with Crippen LogP contribution in [0.5, 0.6) is 11.5 Å². The van der Waals surface area contributed by atoms with Crippen molar-refractivity contribution < 1.29 is 14.3 Å². The SMILES string of the molecule is N#CC1(C(=O)NCc2ccc3c(c2)OCO3)CCC1. The van der Waals surface area contributed by atoms with Crippen molar-refractivity contribution in [2.24, 2.45) is 5.41 Å². The number of rotatable bonds is 3. The molecule has 0 unspecified atom stereocenters. The molecule has 5 heteroatoms. The van der Waals surface area contributed by atoms with Gasteiger partial charge in [0.25, 0.3) is 0 Å². The van der Waals surface area contributed by atoms with Crippen LogP contribution in [-0.2, 0) is 11.3 Å². The fraction of sp³-hybridized carbons (Fsp3) is 0.429. The van der Waals surface area contributed by atoms with Crippen molar-refractivity contribution in [2.45, 2.75) is 25.8 Å². The quantitative estimate of drug-likeness (QED) is 0.896. The fourth-order valence-electron chi connectivity index (χ4n) is 2.32. The van der Waals surface area contributed by atoms with E-state index in [1.54, 1.807) is 0 Å². The molecule has 1 fully saturated rings. The van der Waals surface area contributed by atoms with E-state index < -0.39 is 5.41 Å². The number of fused-ring (bicyclic) bond motifs is 1. The second-order valence-corrected chi connectivity index (χ2v) is 4.92. The number of ether oxygens (including phenoxy) is 2. The summed E-state index contributed by atoms with van der Waals surface area (Å²) < 4.78 is 10.5. The first-order valence-corrected chi connectivity index (χ1v) is 6.32. The van der Waals surface area contributed by atoms with Gasteiger partial charge >= 0.3 is 0 Å². The number of carbonyl (C=O) groups excluding carboxylic acids is 1. The number of amides is 1. The molecule has 1 aromatic carbocycles. The van der Waals surface area contributed by atoms with Gasteiger partial charge in [-0.25, -0.2) is 0 Å². The first-order valence-electron chi connectivity index (χ1n) is 6.32. The maximum Gasteiger partial charge on any atom is 0.240 e. The summed E-state index contributed by atoms with van der Waals surface area (Å²) >= 11 is 0. The molecule has 1 amide bonds. The zero-order chi connectivity index (χ0) is 13.3. The van der Waals surface area contributed by atoms with Crippen molar-refractivity contribution in [1.82, 2.24) is 5.32 Å². The second-order valence-electron chi connectivity index (χ2n) is 4.92. The summed E-state index contributed by atoms with van der Waals surface area (Å²) in [5.74, 6) is 1.26. The highest BCUT2D eigenvalue weighted by atomic mass is 16.7. The number of nitrogens with zero attached hydrogens (tertiary/aromatic N) is 1. The first-order chi connectivity index (χ1) is 9.23. The van der Waals surface area contributed by atoms with Gasteiger partial charge < -0.3 is 14.8 Å². The van der Waals surface area contributed by atoms with Gasteiger partial charge in [-0.05, 0) is 37.0 Å². The molecular formula is C14H14N2O3. The van der Waals surface area contributed by atoms with E-state index >= 15 is 0 Å². The molecule has 2 aliphatic rings. The van der Waals surface area contributed by atoms with Crippen molar-refractivity contribution in [3.8, 4) is 17.6 Å². The van der Waals surface area contributed by atoms with Gasteiger partial charge in [0, 0.05) is 6.54 Å². The number of hydrogen-bond donors (Lipinski definition) is 1. The predicted octanol–water partition coefficient (Wildman–Crippen LogP) is 1.73. The third-order valence-corrected chi connectivity index (χ3v) is 3.75. The summed E-state index contributed by atoms with van der Waals surface area (Å²) in [7, 11) is 0. The van der Waals surface area contributed by atoms with Crippen LogP contribution >= 0.6 is 0 Å². The van der Waals surface area contributed by atoms with Crippen molar-refractivity contribution in [1.29, 1.82) is 5.26 Å². The second kappa shape index (κ2) is 4.47. The van der Waals surface area contributed by atoms with Crippen molar-refractivity contribution >= 4 is 5.91 Å². The number of carbonyl (C=O) groups is 1. The Morgan fingerprint density at radius 2 is 2.16 bits per heavy atom. The Morgan fingerprint density at radius 1 is 1.37 bits per heavy atom. The van der Waals surface area contributed by atoms with Gasteiger partial charge in [0.15, 0.2) is 11.5 Å². The van der Waals surface area contributed by atoms with Crippen LogP contribution in [0.1, 0.15) is 24.8 Å². The Bertz CT molecular complexity index is 558. The summed E-state index contributed by atoms with van der Waals surface area (Å²) in [6.07, 6.45) is 2.28. The van der Waals surface area contributed by atoms with Crippen LogP contribution < -0.4 is 14.8 Å². The molecule has 1 aromatic rings. The molecule has 1 aliphatic heterocycles. The van der Waals surface area contributed by atoms with Gasteiger partial charge in [-0.15, -0.1) is 0 Å². The highest BCUT2D eigenvalue weighted by Crippen LogP contribution is 2.40. The predicted molar refractivity (Wildman–Crippen MR) is 66.3 cm³/mol. The normalized spacial score (nSPS) is 18.3. The molecule has 3 rings (SSSR count). The molecule has 0 spiro atoms. The van der Waals surface area contributed by atoms with E-state index in [4.69, 9.17) is 14.7 Å². The minimum absolute atomic E-state index is 0.168. The molecule has 1 heterocycles. The summed E-state index contributed by atoms with van der Waals surface area (Å²) in [4.78, 5) is 12.0. The highest BCUT2D eigenvalue weighted by molar-refractivity contribution is 5.86. The van der Waals surface area contributed by atoms with E-state index in [0.717, 1.165) is 17.7 Å². The van der Waals surface area contributed by atoms with Crippen molar-refractivity contribution in [2.75, 3.05) is 6.79 Å². The zero-order valence-corrected chi connectivity index (χ0v) is 10.4. The lowest BCUT2D eigenvalue weighted by molar-refractivity contribution is -0.131. The van der Waals surface area contributed by atoms with Gasteiger partial charge in [0.1, 0.15) is 5.41 Å². The Morgan fingerprint density at radius 3 is 2.84 bits per heavy atom. The number of nitrogens with one attached hydrogen (secondary N) is 1. The molecule has 1 N–H and O–H groups in total. The van der Waals surface area contributed by atoms with E-state index in [9.17, 15) is 4.79 Å². The fourth-order valence-corrected chi connectivity index (χ4v) is 2.32. The maximum atomic E-state index is 12.0. The molecule has 1 aliphatic carbocycles. The summed E-state index contributed by atoms with van der Waals surface area (Å²) in [6, 6.07) is 7.69. The molecule has 0 radical (unpaired) electrons. The third-order valence-electron chi connectivity index (χ3n) is 3.75. The molecule has 98 valence electrons. The molecule has 0 atom stereocenters. The van der Waals surface area contributed by atoms with Crippen LogP contribution in [0.3, 0.4) is 0 Å². The van der Waals surface area contributed by atoms with Crippen LogP contribution in [-0.4, -0.2) is 12.7 Å². The van der Waals surface area contributed by atoms with E-state index in [1.807, 2.05) is 18.2 Å². The van der Waals surface area contributed by atoms with Gasteiger partial charge in [0.05, 0.1) is 6.07 Å². The maximum absolute atomic E-state index is 12.0. The lowest BCUT2D eigenvalue weighted by Crippen LogP contribution is -2.44. The topological polar surface area (TPSA) is 71.4 Å². The Labute approximate surface area is 111 Å². The number of benzene rings is 1. The molecule has 19 heavy (non-hydrogen) atoms. The number of hydrogen-bond acceptors (Lipinski definition) is 4. The standard InChI is InChI=1S/C14H14N2O3/c15-8-14(4-1-5-14)13(17)16-7-10-2-3-11-12(6-10)19-9-18-11/h2-3,6H,1,4-5,7,9H2,(H,16,17). The lowest BCUT2D eigenvalue weighted by atomic mass is 9.69. The summed E-state index contributed by atoms with van der Waals surface area (Å²) in [6.45, 7) is 0.640. The largest absolute Gasteiger partial charge is 0.454 e. The lowest BCUT2D eigenvalue weighted by Gasteiger charge is -2.33. The molecule has 0 saturated heterocycles. The van der Waals surface area contributed by atoms with Gasteiger partial charge in [-0.1, -0.05) is 6.07 Å². The zero-order valence-electron chi connectivity index (χ0n) is 10.4. The smallest absolute Gasteiger partial charge is 0.240 e.